The number of aromatic nitrogens is 2. The molecule has 0 fully saturated rings. The second kappa shape index (κ2) is 21.6. The van der Waals surface area contributed by atoms with Gasteiger partial charge in [-0.15, -0.1) is 26.3 Å². The summed E-state index contributed by atoms with van der Waals surface area (Å²) in [5.74, 6) is -0.426. The number of benzene rings is 4. The highest BCUT2D eigenvalue weighted by Gasteiger charge is 2.34. The Morgan fingerprint density at radius 3 is 1.52 bits per heavy atom. The summed E-state index contributed by atoms with van der Waals surface area (Å²) in [6.07, 6.45) is -1.12. The number of sulfone groups is 1. The lowest BCUT2D eigenvalue weighted by Gasteiger charge is -2.16. The Kier molecular flexibility index (Phi) is 16.0. The fourth-order valence-corrected chi connectivity index (χ4v) is 8.12. The summed E-state index contributed by atoms with van der Waals surface area (Å²) in [5, 5.41) is 7.88. The summed E-state index contributed by atoms with van der Waals surface area (Å²) in [4.78, 5) is 22.8. The van der Waals surface area contributed by atoms with Crippen LogP contribution >= 0.6 is 0 Å². The van der Waals surface area contributed by atoms with Crippen molar-refractivity contribution in [1.82, 2.24) is 10.3 Å². The standard InChI is InChI=1S/C26H24F3NO4.C22H20F3NO6S/c1-17(31)14-22(24-12-13-33-30-24)20-7-9-21(10-8-20)32-16-18-6-11-25(34-26(27,28)29)23(15-18)19-4-2-3-5-19;1-14(27)11-18(19-9-10-31-26-19)16-4-6-17(7-5-16)30-13-15-3-8-20(32-22(23,24)25)21(12-15)33(2,28)29/h4,6-13,15,22H,2-3,5,14,16H2,1H3;3-10,12,18H,11,13H2,1-2H3/t22-;18-/m00/s1. The number of halogens is 6. The fourth-order valence-electron chi connectivity index (χ4n) is 7.28. The van der Waals surface area contributed by atoms with Crippen molar-refractivity contribution in [2.45, 2.75) is 88.6 Å². The van der Waals surface area contributed by atoms with Crippen molar-refractivity contribution < 1.29 is 72.3 Å². The average Bonchev–Trinajstić information content (AvgIpc) is 4.09. The van der Waals surface area contributed by atoms with E-state index in [1.807, 2.05) is 18.2 Å². The van der Waals surface area contributed by atoms with E-state index in [-0.39, 0.29) is 48.8 Å². The van der Waals surface area contributed by atoms with E-state index >= 15 is 0 Å². The Morgan fingerprint density at radius 2 is 1.12 bits per heavy atom. The molecule has 0 aliphatic heterocycles. The van der Waals surface area contributed by atoms with Gasteiger partial charge in [-0.05, 0) is 109 Å². The van der Waals surface area contributed by atoms with Crippen LogP contribution in [0.4, 0.5) is 26.3 Å². The molecule has 12 nitrogen and oxygen atoms in total. The minimum absolute atomic E-state index is 0.0112. The van der Waals surface area contributed by atoms with Crippen LogP contribution in [-0.4, -0.2) is 49.3 Å². The number of hydrogen-bond donors (Lipinski definition) is 0. The van der Waals surface area contributed by atoms with E-state index < -0.39 is 33.2 Å². The Labute approximate surface area is 381 Å². The SMILES string of the molecule is CC(=O)C[C@@H](c1ccc(OCc2ccc(OC(F)(F)F)c(C3=CCCC3)c2)cc1)c1ccon1.CC(=O)C[C@@H](c1ccc(OCc2ccc(OC(F)(F)F)c(S(C)(=O)=O)c2)cc1)c1ccon1. The first-order valence-electron chi connectivity index (χ1n) is 20.6. The third-order valence-electron chi connectivity index (χ3n) is 10.3. The molecule has 4 aromatic carbocycles. The third-order valence-corrected chi connectivity index (χ3v) is 11.4. The molecule has 7 rings (SSSR count). The molecule has 2 aromatic heterocycles. The summed E-state index contributed by atoms with van der Waals surface area (Å²) in [6, 6.07) is 25.5. The Hall–Kier alpha value is -6.89. The average molecular weight is 955 g/mol. The van der Waals surface area contributed by atoms with Gasteiger partial charge in [-0.2, -0.15) is 0 Å². The van der Waals surface area contributed by atoms with Crippen LogP contribution in [0.25, 0.3) is 5.57 Å². The summed E-state index contributed by atoms with van der Waals surface area (Å²) in [5.41, 5.74) is 5.40. The first-order valence-corrected chi connectivity index (χ1v) is 22.5. The zero-order valence-electron chi connectivity index (χ0n) is 36.2. The first kappa shape index (κ1) is 49.5. The number of Topliss-reactive ketones (excluding diaryl/α,β-unsaturated/α-hetero) is 2. The van der Waals surface area contributed by atoms with Crippen molar-refractivity contribution in [3.63, 3.8) is 0 Å². The fraction of sp³-hybridized carbons (Fsp3) is 0.292. The third kappa shape index (κ3) is 14.8. The predicted octanol–water partition coefficient (Wildman–Crippen LogP) is 11.5. The van der Waals surface area contributed by atoms with Gasteiger partial charge in [0.05, 0.1) is 11.4 Å². The molecule has 0 N–H and O–H groups in total. The van der Waals surface area contributed by atoms with E-state index in [1.54, 1.807) is 60.7 Å². The van der Waals surface area contributed by atoms with E-state index in [2.05, 4.69) is 19.8 Å². The van der Waals surface area contributed by atoms with E-state index in [0.29, 0.717) is 46.9 Å². The van der Waals surface area contributed by atoms with Gasteiger partial charge in [0.2, 0.25) is 0 Å². The number of rotatable bonds is 18. The maximum Gasteiger partial charge on any atom is 0.573 e. The summed E-state index contributed by atoms with van der Waals surface area (Å²) < 4.78 is 129. The van der Waals surface area contributed by atoms with Crippen LogP contribution in [-0.2, 0) is 32.6 Å². The van der Waals surface area contributed by atoms with Crippen LogP contribution < -0.4 is 18.9 Å². The second-order valence-corrected chi connectivity index (χ2v) is 17.6. The molecule has 0 unspecified atom stereocenters. The molecule has 0 bridgehead atoms. The van der Waals surface area contributed by atoms with Gasteiger partial charge in [0.15, 0.2) is 9.84 Å². The smallest absolute Gasteiger partial charge is 0.489 e. The topological polar surface area (TPSA) is 157 Å². The molecule has 6 aromatic rings. The van der Waals surface area contributed by atoms with Crippen LogP contribution in [0, 0.1) is 0 Å². The molecule has 0 saturated carbocycles. The van der Waals surface area contributed by atoms with Crippen LogP contribution in [0.3, 0.4) is 0 Å². The molecule has 1 aliphatic carbocycles. The molecule has 0 radical (unpaired) electrons. The summed E-state index contributed by atoms with van der Waals surface area (Å²) in [6.45, 7) is 3.12. The van der Waals surface area contributed by atoms with Gasteiger partial charge in [0.25, 0.3) is 0 Å². The Bertz CT molecular complexity index is 2740. The number of hydrogen-bond acceptors (Lipinski definition) is 12. The molecule has 1 aliphatic rings. The van der Waals surface area contributed by atoms with Gasteiger partial charge < -0.3 is 28.0 Å². The summed E-state index contributed by atoms with van der Waals surface area (Å²) >= 11 is 0. The number of ketones is 2. The second-order valence-electron chi connectivity index (χ2n) is 15.6. The zero-order chi connectivity index (χ0) is 48.4. The maximum atomic E-state index is 12.8. The Balaban J connectivity index is 0.000000221. The van der Waals surface area contributed by atoms with Gasteiger partial charge in [0, 0.05) is 48.6 Å². The van der Waals surface area contributed by atoms with E-state index in [0.717, 1.165) is 53.5 Å². The van der Waals surface area contributed by atoms with E-state index in [1.165, 1.54) is 38.5 Å². The van der Waals surface area contributed by atoms with Crippen molar-refractivity contribution in [3.05, 3.63) is 155 Å². The lowest BCUT2D eigenvalue weighted by Crippen LogP contribution is -2.19. The van der Waals surface area contributed by atoms with Gasteiger partial charge in [-0.25, -0.2) is 8.42 Å². The minimum atomic E-state index is -5.02. The van der Waals surface area contributed by atoms with Gasteiger partial charge >= 0.3 is 12.7 Å². The van der Waals surface area contributed by atoms with Crippen molar-refractivity contribution >= 4 is 27.0 Å². The highest BCUT2D eigenvalue weighted by Crippen LogP contribution is 2.38. The number of ether oxygens (including phenoxy) is 4. The molecule has 19 heteroatoms. The molecule has 354 valence electrons. The molecule has 2 heterocycles. The Morgan fingerprint density at radius 1 is 0.657 bits per heavy atom. The lowest BCUT2D eigenvalue weighted by atomic mass is 9.91. The van der Waals surface area contributed by atoms with Crippen molar-refractivity contribution in [3.8, 4) is 23.0 Å². The molecule has 67 heavy (non-hydrogen) atoms. The monoisotopic (exact) mass is 954 g/mol. The molecule has 0 spiro atoms. The van der Waals surface area contributed by atoms with Crippen LogP contribution in [0.5, 0.6) is 23.0 Å². The van der Waals surface area contributed by atoms with Crippen molar-refractivity contribution in [2.75, 3.05) is 6.26 Å². The molecular formula is C48H44F6N2O10S. The number of carbonyl (C=O) groups excluding carboxylic acids is 2. The van der Waals surface area contributed by atoms with Gasteiger partial charge in [-0.3, -0.25) is 9.59 Å². The maximum absolute atomic E-state index is 12.8. The normalized spacial score (nSPS) is 13.7. The van der Waals surface area contributed by atoms with Crippen LogP contribution in [0.2, 0.25) is 0 Å². The number of alkyl halides is 6. The minimum Gasteiger partial charge on any atom is -0.489 e. The van der Waals surface area contributed by atoms with Crippen LogP contribution in [0.1, 0.15) is 97.0 Å². The van der Waals surface area contributed by atoms with Gasteiger partial charge in [0.1, 0.15) is 65.2 Å². The van der Waals surface area contributed by atoms with Crippen molar-refractivity contribution in [1.29, 1.82) is 0 Å². The van der Waals surface area contributed by atoms with Gasteiger partial charge in [-0.1, -0.05) is 52.8 Å². The molecular weight excluding hydrogens is 911 g/mol. The zero-order valence-corrected chi connectivity index (χ0v) is 37.0. The lowest BCUT2D eigenvalue weighted by molar-refractivity contribution is -0.276. The highest BCUT2D eigenvalue weighted by molar-refractivity contribution is 7.90. The van der Waals surface area contributed by atoms with Crippen molar-refractivity contribution in [2.24, 2.45) is 0 Å². The number of allylic oxidation sites excluding steroid dienone is 2. The predicted molar refractivity (Wildman–Crippen MR) is 230 cm³/mol. The first-order chi connectivity index (χ1) is 31.7. The quantitative estimate of drug-likeness (QED) is 0.0752. The molecule has 2 atom stereocenters. The molecule has 0 amide bonds. The van der Waals surface area contributed by atoms with E-state index in [4.69, 9.17) is 18.5 Å². The van der Waals surface area contributed by atoms with Crippen LogP contribution in [0.15, 0.2) is 130 Å². The summed E-state index contributed by atoms with van der Waals surface area (Å²) in [7, 11) is -3.98. The number of nitrogens with zero attached hydrogens (tertiary/aromatic N) is 2. The molecule has 0 saturated heterocycles. The number of carbonyl (C=O) groups is 2. The largest absolute Gasteiger partial charge is 0.573 e. The van der Waals surface area contributed by atoms with E-state index in [9.17, 15) is 44.3 Å². The highest BCUT2D eigenvalue weighted by atomic mass is 32.2.